The second-order valence-electron chi connectivity index (χ2n) is 8.85. The van der Waals surface area contributed by atoms with Gasteiger partial charge in [-0.05, 0) is 87.2 Å². The molecule has 4 amide bonds. The van der Waals surface area contributed by atoms with Gasteiger partial charge in [0.25, 0.3) is 11.8 Å². The Labute approximate surface area is 239 Å². The van der Waals surface area contributed by atoms with E-state index in [1.54, 1.807) is 36.4 Å². The number of hydrogen-bond acceptors (Lipinski definition) is 6. The van der Waals surface area contributed by atoms with E-state index in [9.17, 15) is 14.4 Å². The van der Waals surface area contributed by atoms with E-state index < -0.39 is 17.8 Å². The first-order valence-corrected chi connectivity index (χ1v) is 13.3. The van der Waals surface area contributed by atoms with Gasteiger partial charge in [0.05, 0.1) is 23.9 Å². The molecule has 0 atom stereocenters. The zero-order chi connectivity index (χ0) is 28.2. The molecule has 0 aromatic heterocycles. The molecule has 202 valence electrons. The number of nitrogens with one attached hydrogen (secondary N) is 1. The highest BCUT2D eigenvalue weighted by molar-refractivity contribution is 9.10. The third-order valence-electron chi connectivity index (χ3n) is 6.33. The number of hydrogen-bond donors (Lipinski definition) is 1. The van der Waals surface area contributed by atoms with Gasteiger partial charge < -0.3 is 14.2 Å². The molecule has 0 bridgehead atoms. The summed E-state index contributed by atoms with van der Waals surface area (Å²) in [5.41, 5.74) is 1.63. The second-order valence-corrected chi connectivity index (χ2v) is 9.70. The van der Waals surface area contributed by atoms with Gasteiger partial charge in [0, 0.05) is 0 Å². The summed E-state index contributed by atoms with van der Waals surface area (Å²) in [6, 6.07) is 23.1. The molecule has 8 nitrogen and oxygen atoms in total. The van der Waals surface area contributed by atoms with E-state index in [2.05, 4.69) is 33.4 Å². The average molecular weight is 601 g/mol. The van der Waals surface area contributed by atoms with E-state index in [1.165, 1.54) is 13.2 Å². The summed E-state index contributed by atoms with van der Waals surface area (Å²) in [6.45, 7) is 2.53. The highest BCUT2D eigenvalue weighted by Crippen LogP contribution is 2.39. The Morgan fingerprint density at radius 1 is 0.925 bits per heavy atom. The fourth-order valence-corrected chi connectivity index (χ4v) is 5.01. The monoisotopic (exact) mass is 600 g/mol. The Morgan fingerprint density at radius 3 is 2.42 bits per heavy atom. The van der Waals surface area contributed by atoms with Crippen LogP contribution in [0, 0.1) is 0 Å². The zero-order valence-corrected chi connectivity index (χ0v) is 23.4. The number of benzene rings is 4. The maximum absolute atomic E-state index is 13.3. The lowest BCUT2D eigenvalue weighted by molar-refractivity contribution is -0.122. The maximum Gasteiger partial charge on any atom is 0.335 e. The number of ether oxygens (including phenoxy) is 3. The van der Waals surface area contributed by atoms with Crippen molar-refractivity contribution in [2.45, 2.75) is 13.5 Å². The first-order valence-electron chi connectivity index (χ1n) is 12.5. The summed E-state index contributed by atoms with van der Waals surface area (Å²) in [6.07, 6.45) is 1.42. The average Bonchev–Trinajstić information content (AvgIpc) is 2.95. The lowest BCUT2D eigenvalue weighted by atomic mass is 10.1. The molecule has 1 fully saturated rings. The second kappa shape index (κ2) is 11.6. The van der Waals surface area contributed by atoms with Crippen LogP contribution in [-0.4, -0.2) is 31.6 Å². The molecule has 4 aromatic rings. The number of rotatable bonds is 8. The molecular formula is C31H25BrN2O6. The van der Waals surface area contributed by atoms with E-state index in [1.807, 2.05) is 37.3 Å². The Kier molecular flexibility index (Phi) is 7.84. The molecule has 1 heterocycles. The first kappa shape index (κ1) is 27.0. The largest absolute Gasteiger partial charge is 0.497 e. The van der Waals surface area contributed by atoms with Crippen molar-refractivity contribution in [3.8, 4) is 17.2 Å². The highest BCUT2D eigenvalue weighted by atomic mass is 79.9. The molecule has 0 saturated carbocycles. The van der Waals surface area contributed by atoms with Gasteiger partial charge in [-0.25, -0.2) is 9.69 Å². The number of carbonyl (C=O) groups is 3. The van der Waals surface area contributed by atoms with Crippen LogP contribution in [0.25, 0.3) is 16.8 Å². The van der Waals surface area contributed by atoms with Crippen LogP contribution in [-0.2, 0) is 16.2 Å². The van der Waals surface area contributed by atoms with Gasteiger partial charge in [0.15, 0.2) is 11.5 Å². The summed E-state index contributed by atoms with van der Waals surface area (Å²) in [4.78, 5) is 39.5. The molecule has 1 saturated heterocycles. The number of imide groups is 2. The number of carbonyl (C=O) groups excluding carboxylic acids is 3. The summed E-state index contributed by atoms with van der Waals surface area (Å²) in [5.74, 6) is -0.0342. The van der Waals surface area contributed by atoms with Crippen LogP contribution in [0.15, 0.2) is 88.9 Å². The smallest absolute Gasteiger partial charge is 0.335 e. The molecule has 0 aliphatic carbocycles. The van der Waals surface area contributed by atoms with Crippen LogP contribution < -0.4 is 24.4 Å². The Morgan fingerprint density at radius 2 is 1.68 bits per heavy atom. The molecular weight excluding hydrogens is 576 g/mol. The van der Waals surface area contributed by atoms with Crippen molar-refractivity contribution in [1.82, 2.24) is 5.32 Å². The van der Waals surface area contributed by atoms with Gasteiger partial charge in [0.2, 0.25) is 0 Å². The van der Waals surface area contributed by atoms with Crippen LogP contribution in [0.5, 0.6) is 17.2 Å². The number of urea groups is 1. The zero-order valence-electron chi connectivity index (χ0n) is 21.8. The van der Waals surface area contributed by atoms with Gasteiger partial charge in [0.1, 0.15) is 17.9 Å². The highest BCUT2D eigenvalue weighted by Gasteiger charge is 2.37. The summed E-state index contributed by atoms with van der Waals surface area (Å²) in [5, 5.41) is 4.45. The number of halogens is 1. The van der Waals surface area contributed by atoms with Crippen LogP contribution in [0.1, 0.15) is 18.1 Å². The predicted molar refractivity (Wildman–Crippen MR) is 156 cm³/mol. The summed E-state index contributed by atoms with van der Waals surface area (Å²) in [7, 11) is 1.52. The van der Waals surface area contributed by atoms with Crippen LogP contribution >= 0.6 is 15.9 Å². The number of nitrogens with zero attached hydrogens (tertiary/aromatic N) is 1. The van der Waals surface area contributed by atoms with Gasteiger partial charge in [-0.2, -0.15) is 0 Å². The van der Waals surface area contributed by atoms with Gasteiger partial charge in [-0.15, -0.1) is 0 Å². The first-order chi connectivity index (χ1) is 19.4. The molecule has 1 aliphatic rings. The van der Waals surface area contributed by atoms with Crippen molar-refractivity contribution in [3.05, 3.63) is 100 Å². The van der Waals surface area contributed by atoms with E-state index >= 15 is 0 Å². The molecule has 9 heteroatoms. The number of barbiturate groups is 1. The predicted octanol–water partition coefficient (Wildman–Crippen LogP) is 6.26. The standard InChI is InChI=1S/C31H25BrN2O6/c1-3-39-27-17-19(16-26(32)28(27)40-18-21-9-6-8-20-7-4-5-10-24(20)21)15-25-29(35)33-31(37)34(30(25)36)22-11-13-23(38-2)14-12-22/h4-17H,3,18H2,1-2H3,(H,33,35,37)/b25-15-. The third kappa shape index (κ3) is 5.41. The Hall–Kier alpha value is -4.63. The molecule has 1 aliphatic heterocycles. The van der Waals surface area contributed by atoms with Crippen molar-refractivity contribution in [2.75, 3.05) is 18.6 Å². The number of amides is 4. The molecule has 4 aromatic carbocycles. The molecule has 0 unspecified atom stereocenters. The number of anilines is 1. The summed E-state index contributed by atoms with van der Waals surface area (Å²) < 4.78 is 17.8. The quantitative estimate of drug-likeness (QED) is 0.190. The lowest BCUT2D eigenvalue weighted by Crippen LogP contribution is -2.54. The summed E-state index contributed by atoms with van der Waals surface area (Å²) >= 11 is 3.56. The molecule has 1 N–H and O–H groups in total. The van der Waals surface area contributed by atoms with Crippen molar-refractivity contribution in [1.29, 1.82) is 0 Å². The van der Waals surface area contributed by atoms with Crippen molar-refractivity contribution in [2.24, 2.45) is 0 Å². The van der Waals surface area contributed by atoms with E-state index in [0.29, 0.717) is 46.2 Å². The minimum Gasteiger partial charge on any atom is -0.497 e. The SMILES string of the molecule is CCOc1cc(/C=C2/C(=O)NC(=O)N(c3ccc(OC)cc3)C2=O)cc(Br)c1OCc1cccc2ccccc12. The Balaban J connectivity index is 1.45. The maximum atomic E-state index is 13.3. The lowest BCUT2D eigenvalue weighted by Gasteiger charge is -2.26. The topological polar surface area (TPSA) is 94.2 Å². The van der Waals surface area contributed by atoms with E-state index in [-0.39, 0.29) is 5.57 Å². The van der Waals surface area contributed by atoms with Gasteiger partial charge >= 0.3 is 6.03 Å². The Bertz CT molecular complexity index is 1640. The fraction of sp³-hybridized carbons (Fsp3) is 0.129. The van der Waals surface area contributed by atoms with Gasteiger partial charge in [-0.1, -0.05) is 42.5 Å². The minimum atomic E-state index is -0.828. The van der Waals surface area contributed by atoms with Crippen LogP contribution in [0.3, 0.4) is 0 Å². The normalized spacial score (nSPS) is 14.4. The third-order valence-corrected chi connectivity index (χ3v) is 6.92. The van der Waals surface area contributed by atoms with Crippen molar-refractivity contribution in [3.63, 3.8) is 0 Å². The van der Waals surface area contributed by atoms with E-state index in [4.69, 9.17) is 14.2 Å². The van der Waals surface area contributed by atoms with Crippen LogP contribution in [0.2, 0.25) is 0 Å². The molecule has 0 radical (unpaired) electrons. The van der Waals surface area contributed by atoms with Crippen molar-refractivity contribution >= 4 is 56.3 Å². The number of fused-ring (bicyclic) bond motifs is 1. The molecule has 40 heavy (non-hydrogen) atoms. The van der Waals surface area contributed by atoms with Gasteiger partial charge in [-0.3, -0.25) is 14.9 Å². The number of methoxy groups -OCH3 is 1. The molecule has 0 spiro atoms. The van der Waals surface area contributed by atoms with Crippen LogP contribution in [0.4, 0.5) is 10.5 Å². The minimum absolute atomic E-state index is 0.200. The fourth-order valence-electron chi connectivity index (χ4n) is 4.43. The van der Waals surface area contributed by atoms with Crippen molar-refractivity contribution < 1.29 is 28.6 Å². The molecule has 5 rings (SSSR count). The van der Waals surface area contributed by atoms with E-state index in [0.717, 1.165) is 21.2 Å².